The fraction of sp³-hybridized carbons (Fsp3) is 0.333. The minimum Gasteiger partial charge on any atom is -0.494 e. The zero-order chi connectivity index (χ0) is 18.9. The molecular weight excluding hydrogens is 352 g/mol. The maximum Gasteiger partial charge on any atom is 0.159 e. The highest BCUT2D eigenvalue weighted by molar-refractivity contribution is 5.91. The molecule has 7 heteroatoms. The van der Waals surface area contributed by atoms with E-state index in [-0.39, 0.29) is 0 Å². The van der Waals surface area contributed by atoms with Crippen molar-refractivity contribution in [1.82, 2.24) is 24.5 Å². The van der Waals surface area contributed by atoms with Crippen molar-refractivity contribution in [1.29, 1.82) is 0 Å². The lowest BCUT2D eigenvalue weighted by Crippen LogP contribution is -2.31. The van der Waals surface area contributed by atoms with Gasteiger partial charge in [0.2, 0.25) is 0 Å². The summed E-state index contributed by atoms with van der Waals surface area (Å²) in [4.78, 5) is 4.89. The first kappa shape index (κ1) is 17.1. The van der Waals surface area contributed by atoms with E-state index >= 15 is 0 Å². The molecule has 0 bridgehead atoms. The van der Waals surface area contributed by atoms with E-state index in [0.29, 0.717) is 12.6 Å². The molecule has 1 saturated heterocycles. The SMILES string of the molecule is CCOc1ccc(Nc2c3ccn([C@H]4CCCNC4)c3nc3ccnn23)cc1. The van der Waals surface area contributed by atoms with Gasteiger partial charge in [-0.1, -0.05) is 0 Å². The summed E-state index contributed by atoms with van der Waals surface area (Å²) in [5, 5.41) is 12.6. The molecule has 4 heterocycles. The first-order valence-electron chi connectivity index (χ1n) is 9.88. The fourth-order valence-corrected chi connectivity index (χ4v) is 3.94. The van der Waals surface area contributed by atoms with Gasteiger partial charge in [0.15, 0.2) is 5.65 Å². The second kappa shape index (κ2) is 7.16. The molecule has 0 unspecified atom stereocenters. The number of hydrogen-bond acceptors (Lipinski definition) is 5. The van der Waals surface area contributed by atoms with Gasteiger partial charge in [0.25, 0.3) is 0 Å². The fourth-order valence-electron chi connectivity index (χ4n) is 3.94. The molecule has 7 nitrogen and oxygen atoms in total. The van der Waals surface area contributed by atoms with Gasteiger partial charge in [-0.15, -0.1) is 0 Å². The van der Waals surface area contributed by atoms with Crippen molar-refractivity contribution >= 4 is 28.2 Å². The van der Waals surface area contributed by atoms with Crippen LogP contribution >= 0.6 is 0 Å². The van der Waals surface area contributed by atoms with Gasteiger partial charge in [0, 0.05) is 30.5 Å². The van der Waals surface area contributed by atoms with Crippen LogP contribution in [-0.2, 0) is 0 Å². The predicted molar refractivity (Wildman–Crippen MR) is 111 cm³/mol. The molecule has 3 aromatic heterocycles. The average molecular weight is 376 g/mol. The van der Waals surface area contributed by atoms with E-state index in [1.807, 2.05) is 41.8 Å². The molecule has 28 heavy (non-hydrogen) atoms. The number of piperidine rings is 1. The van der Waals surface area contributed by atoms with E-state index in [2.05, 4.69) is 32.6 Å². The van der Waals surface area contributed by atoms with E-state index in [4.69, 9.17) is 9.72 Å². The van der Waals surface area contributed by atoms with Gasteiger partial charge < -0.3 is 19.9 Å². The number of anilines is 2. The Kier molecular flexibility index (Phi) is 4.37. The Morgan fingerprint density at radius 3 is 2.89 bits per heavy atom. The highest BCUT2D eigenvalue weighted by Gasteiger charge is 2.20. The van der Waals surface area contributed by atoms with Crippen LogP contribution in [0.15, 0.2) is 48.8 Å². The lowest BCUT2D eigenvalue weighted by Gasteiger charge is -2.24. The number of hydrogen-bond donors (Lipinski definition) is 2. The molecule has 0 radical (unpaired) electrons. The van der Waals surface area contributed by atoms with Gasteiger partial charge in [0.05, 0.1) is 18.2 Å². The van der Waals surface area contributed by atoms with E-state index in [1.165, 1.54) is 12.8 Å². The Morgan fingerprint density at radius 2 is 2.11 bits per heavy atom. The van der Waals surface area contributed by atoms with Crippen LogP contribution in [0.4, 0.5) is 11.5 Å². The van der Waals surface area contributed by atoms with Crippen molar-refractivity contribution in [3.63, 3.8) is 0 Å². The van der Waals surface area contributed by atoms with Crippen molar-refractivity contribution in [3.8, 4) is 5.75 Å². The van der Waals surface area contributed by atoms with Gasteiger partial charge in [-0.3, -0.25) is 0 Å². The molecule has 1 fully saturated rings. The summed E-state index contributed by atoms with van der Waals surface area (Å²) >= 11 is 0. The summed E-state index contributed by atoms with van der Waals surface area (Å²) in [6.45, 7) is 4.73. The van der Waals surface area contributed by atoms with E-state index in [1.54, 1.807) is 6.20 Å². The van der Waals surface area contributed by atoms with Crippen LogP contribution in [0, 0.1) is 0 Å². The van der Waals surface area contributed by atoms with Gasteiger partial charge in [-0.25, -0.2) is 4.98 Å². The predicted octanol–water partition coefficient (Wildman–Crippen LogP) is 3.75. The van der Waals surface area contributed by atoms with Gasteiger partial charge >= 0.3 is 0 Å². The van der Waals surface area contributed by atoms with E-state index in [0.717, 1.165) is 47.0 Å². The molecule has 1 aliphatic rings. The quantitative estimate of drug-likeness (QED) is 0.555. The van der Waals surface area contributed by atoms with E-state index in [9.17, 15) is 0 Å². The Morgan fingerprint density at radius 1 is 1.21 bits per heavy atom. The first-order chi connectivity index (χ1) is 13.8. The lowest BCUT2D eigenvalue weighted by molar-refractivity contribution is 0.340. The van der Waals surface area contributed by atoms with Crippen LogP contribution < -0.4 is 15.4 Å². The topological polar surface area (TPSA) is 68.4 Å². The zero-order valence-electron chi connectivity index (χ0n) is 15.9. The Balaban J connectivity index is 1.58. The molecular formula is C21H24N6O. The van der Waals surface area contributed by atoms with Crippen LogP contribution in [-0.4, -0.2) is 38.9 Å². The summed E-state index contributed by atoms with van der Waals surface area (Å²) in [6, 6.07) is 12.5. The molecule has 1 atom stereocenters. The first-order valence-corrected chi connectivity index (χ1v) is 9.88. The number of fused-ring (bicyclic) bond motifs is 2. The van der Waals surface area contributed by atoms with Crippen molar-refractivity contribution in [2.45, 2.75) is 25.8 Å². The Bertz CT molecular complexity index is 1090. The molecule has 144 valence electrons. The highest BCUT2D eigenvalue weighted by Crippen LogP contribution is 2.31. The molecule has 4 aromatic rings. The van der Waals surface area contributed by atoms with Gasteiger partial charge in [-0.2, -0.15) is 9.61 Å². The Hall–Kier alpha value is -3.06. The zero-order valence-corrected chi connectivity index (χ0v) is 15.9. The summed E-state index contributed by atoms with van der Waals surface area (Å²) in [5.41, 5.74) is 2.82. The minimum atomic E-state index is 0.433. The normalized spacial score (nSPS) is 17.2. The van der Waals surface area contributed by atoms with Crippen molar-refractivity contribution in [3.05, 3.63) is 48.8 Å². The Labute approximate surface area is 163 Å². The molecule has 0 aliphatic carbocycles. The molecule has 0 spiro atoms. The summed E-state index contributed by atoms with van der Waals surface area (Å²) in [7, 11) is 0. The van der Waals surface area contributed by atoms with Crippen LogP contribution in [0.2, 0.25) is 0 Å². The monoisotopic (exact) mass is 376 g/mol. The molecule has 5 rings (SSSR count). The third kappa shape index (κ3) is 2.97. The maximum atomic E-state index is 5.55. The van der Waals surface area contributed by atoms with Gasteiger partial charge in [0.1, 0.15) is 17.2 Å². The summed E-state index contributed by atoms with van der Waals surface area (Å²) in [6.07, 6.45) is 6.30. The summed E-state index contributed by atoms with van der Waals surface area (Å²) < 4.78 is 9.71. The molecule has 0 amide bonds. The maximum absolute atomic E-state index is 5.55. The van der Waals surface area contributed by atoms with Gasteiger partial charge in [-0.05, 0) is 56.6 Å². The number of ether oxygens (including phenoxy) is 1. The van der Waals surface area contributed by atoms with Crippen molar-refractivity contribution in [2.24, 2.45) is 0 Å². The van der Waals surface area contributed by atoms with Crippen molar-refractivity contribution < 1.29 is 4.74 Å². The second-order valence-corrected chi connectivity index (χ2v) is 7.10. The molecule has 1 aliphatic heterocycles. The molecule has 1 aromatic carbocycles. The standard InChI is InChI=1S/C21H24N6O/c1-2-28-17-7-5-15(6-8-17)24-21-18-10-13-26(16-4-3-11-22-14-16)20(18)25-19-9-12-23-27(19)21/h5-10,12-13,16,22,24H,2-4,11,14H2,1H3/t16-/m0/s1. The third-order valence-electron chi connectivity index (χ3n) is 5.29. The largest absolute Gasteiger partial charge is 0.494 e. The summed E-state index contributed by atoms with van der Waals surface area (Å²) in [5.74, 6) is 1.80. The second-order valence-electron chi connectivity index (χ2n) is 7.10. The number of benzene rings is 1. The number of nitrogens with zero attached hydrogens (tertiary/aromatic N) is 4. The van der Waals surface area contributed by atoms with Crippen LogP contribution in [0.5, 0.6) is 5.75 Å². The van der Waals surface area contributed by atoms with Crippen LogP contribution in [0.3, 0.4) is 0 Å². The third-order valence-corrected chi connectivity index (χ3v) is 5.29. The smallest absolute Gasteiger partial charge is 0.159 e. The number of nitrogens with one attached hydrogen (secondary N) is 2. The lowest BCUT2D eigenvalue weighted by atomic mass is 10.1. The number of aromatic nitrogens is 4. The minimum absolute atomic E-state index is 0.433. The average Bonchev–Trinajstić information content (AvgIpc) is 3.37. The van der Waals surface area contributed by atoms with Crippen LogP contribution in [0.25, 0.3) is 16.7 Å². The molecule has 0 saturated carbocycles. The van der Waals surface area contributed by atoms with Crippen molar-refractivity contribution in [2.75, 3.05) is 25.0 Å². The van der Waals surface area contributed by atoms with Crippen LogP contribution in [0.1, 0.15) is 25.8 Å². The number of rotatable bonds is 5. The van der Waals surface area contributed by atoms with E-state index < -0.39 is 0 Å². The molecule has 2 N–H and O–H groups in total. The highest BCUT2D eigenvalue weighted by atomic mass is 16.5.